The number of ether oxygens (including phenoxy) is 1. The van der Waals surface area contributed by atoms with Crippen LogP contribution in [0.3, 0.4) is 0 Å². The van der Waals surface area contributed by atoms with E-state index in [0.717, 1.165) is 12.1 Å². The Bertz CT molecular complexity index is 1360. The van der Waals surface area contributed by atoms with E-state index >= 15 is 0 Å². The smallest absolute Gasteiger partial charge is 0.212 e. The van der Waals surface area contributed by atoms with E-state index in [1.165, 1.54) is 18.2 Å². The van der Waals surface area contributed by atoms with E-state index in [1.807, 2.05) is 13.0 Å². The maximum Gasteiger partial charge on any atom is 0.212 e. The first-order valence-corrected chi connectivity index (χ1v) is 14.2. The molecule has 0 aliphatic carbocycles. The van der Waals surface area contributed by atoms with Crippen LogP contribution in [-0.2, 0) is 9.53 Å². The standard InChI is InChI=1S/C16H20ClFN2.C9H11N3O2.C6H4ClF/c1-16(2,3)7-14-11(8-19)12(9-20-14)10-5-4-6-13(17)15(10)18;1-9(5-14-9)12-7-2-3-8(10-4-7)11-6-13;7-5-2-1-3-6(8)4-5/h4-6,11-12,14,20H,7,9H2,1-3H3;2-4,6,12H,5H2,1H3,(H,10,11,13);1-4H. The molecule has 2 aliphatic rings. The average molecular weight is 619 g/mol. The fourth-order valence-corrected chi connectivity index (χ4v) is 4.88. The van der Waals surface area contributed by atoms with Gasteiger partial charge in [-0.1, -0.05) is 62.2 Å². The normalized spacial score (nSPS) is 22.4. The fraction of sp³-hybridized carbons (Fsp3) is 0.387. The highest BCUT2D eigenvalue weighted by Gasteiger charge is 2.40. The molecule has 0 bridgehead atoms. The summed E-state index contributed by atoms with van der Waals surface area (Å²) in [6.45, 7) is 9.74. The molecule has 0 spiro atoms. The van der Waals surface area contributed by atoms with E-state index in [0.29, 0.717) is 36.0 Å². The van der Waals surface area contributed by atoms with Crippen molar-refractivity contribution in [2.75, 3.05) is 23.8 Å². The summed E-state index contributed by atoms with van der Waals surface area (Å²) < 4.78 is 31.4. The third kappa shape index (κ3) is 10.2. The maximum atomic E-state index is 14.2. The van der Waals surface area contributed by atoms with Crippen molar-refractivity contribution in [2.24, 2.45) is 11.3 Å². The molecular formula is C31H35Cl2F2N5O2. The summed E-state index contributed by atoms with van der Waals surface area (Å²) in [5.41, 5.74) is 1.32. The number of pyridine rings is 1. The fourth-order valence-electron chi connectivity index (χ4n) is 4.52. The van der Waals surface area contributed by atoms with Crippen molar-refractivity contribution in [2.45, 2.75) is 51.8 Å². The van der Waals surface area contributed by atoms with Gasteiger partial charge >= 0.3 is 0 Å². The quantitative estimate of drug-likeness (QED) is 0.197. The molecule has 42 heavy (non-hydrogen) atoms. The van der Waals surface area contributed by atoms with E-state index < -0.39 is 5.82 Å². The summed E-state index contributed by atoms with van der Waals surface area (Å²) in [4.78, 5) is 14.1. The number of nitriles is 1. The van der Waals surface area contributed by atoms with Crippen molar-refractivity contribution in [3.63, 3.8) is 0 Å². The minimum absolute atomic E-state index is 0.100. The van der Waals surface area contributed by atoms with Crippen molar-refractivity contribution in [1.82, 2.24) is 10.3 Å². The van der Waals surface area contributed by atoms with Gasteiger partial charge in [0, 0.05) is 23.5 Å². The molecule has 3 aromatic rings. The Hall–Kier alpha value is -3.29. The number of carbonyl (C=O) groups is 1. The Morgan fingerprint density at radius 3 is 2.43 bits per heavy atom. The zero-order valence-electron chi connectivity index (χ0n) is 23.9. The molecule has 2 saturated heterocycles. The molecule has 7 nitrogen and oxygen atoms in total. The molecule has 2 aromatic carbocycles. The second-order valence-corrected chi connectivity index (χ2v) is 12.3. The number of anilines is 2. The Balaban J connectivity index is 0.000000190. The predicted molar refractivity (Wildman–Crippen MR) is 162 cm³/mol. The third-order valence-corrected chi connectivity index (χ3v) is 7.10. The van der Waals surface area contributed by atoms with Crippen molar-refractivity contribution >= 4 is 41.1 Å². The highest BCUT2D eigenvalue weighted by molar-refractivity contribution is 6.31. The van der Waals surface area contributed by atoms with Gasteiger partial charge in [0.05, 0.1) is 35.5 Å². The van der Waals surface area contributed by atoms with Crippen LogP contribution >= 0.6 is 23.2 Å². The van der Waals surface area contributed by atoms with Crippen LogP contribution in [-0.4, -0.2) is 36.3 Å². The van der Waals surface area contributed by atoms with E-state index in [9.17, 15) is 18.8 Å². The van der Waals surface area contributed by atoms with Gasteiger partial charge < -0.3 is 20.7 Å². The van der Waals surface area contributed by atoms with Crippen LogP contribution in [0.5, 0.6) is 0 Å². The number of rotatable bonds is 6. The molecule has 1 aromatic heterocycles. The number of benzene rings is 2. The van der Waals surface area contributed by atoms with Crippen molar-refractivity contribution in [3.05, 3.63) is 88.0 Å². The van der Waals surface area contributed by atoms with Gasteiger partial charge in [-0.25, -0.2) is 13.8 Å². The molecule has 2 fully saturated rings. The van der Waals surface area contributed by atoms with Crippen LogP contribution in [0.1, 0.15) is 45.6 Å². The van der Waals surface area contributed by atoms with Gasteiger partial charge in [0.15, 0.2) is 5.72 Å². The molecule has 0 radical (unpaired) electrons. The highest BCUT2D eigenvalue weighted by Crippen LogP contribution is 2.38. The summed E-state index contributed by atoms with van der Waals surface area (Å²) in [5.74, 6) is -0.504. The maximum absolute atomic E-state index is 14.2. The number of hydrogen-bond acceptors (Lipinski definition) is 6. The second-order valence-electron chi connectivity index (χ2n) is 11.5. The van der Waals surface area contributed by atoms with Crippen LogP contribution in [0.25, 0.3) is 0 Å². The number of hydrogen-bond donors (Lipinski definition) is 3. The number of epoxide rings is 1. The molecule has 4 atom stereocenters. The summed E-state index contributed by atoms with van der Waals surface area (Å²) in [6.07, 6.45) is 3.14. The number of halogens is 4. The van der Waals surface area contributed by atoms with Gasteiger partial charge in [0.25, 0.3) is 0 Å². The Kier molecular flexibility index (Phi) is 11.7. The molecule has 1 amide bonds. The first-order chi connectivity index (χ1) is 19.8. The van der Waals surface area contributed by atoms with Crippen LogP contribution < -0.4 is 16.0 Å². The van der Waals surface area contributed by atoms with Crippen LogP contribution in [0, 0.1) is 34.3 Å². The Morgan fingerprint density at radius 1 is 1.19 bits per heavy atom. The van der Waals surface area contributed by atoms with Crippen molar-refractivity contribution < 1.29 is 18.3 Å². The zero-order chi connectivity index (χ0) is 30.9. The van der Waals surface area contributed by atoms with Crippen molar-refractivity contribution in [1.29, 1.82) is 5.26 Å². The number of amides is 1. The van der Waals surface area contributed by atoms with Gasteiger partial charge in [-0.15, -0.1) is 0 Å². The molecule has 224 valence electrons. The van der Waals surface area contributed by atoms with E-state index in [4.69, 9.17) is 27.9 Å². The molecule has 5 rings (SSSR count). The number of nitrogens with one attached hydrogen (secondary N) is 3. The molecule has 0 saturated carbocycles. The van der Waals surface area contributed by atoms with E-state index in [1.54, 1.807) is 36.5 Å². The van der Waals surface area contributed by atoms with Gasteiger partial charge in [-0.3, -0.25) is 4.79 Å². The molecule has 2 aliphatic heterocycles. The van der Waals surface area contributed by atoms with Gasteiger partial charge in [0.1, 0.15) is 17.5 Å². The molecule has 3 heterocycles. The zero-order valence-corrected chi connectivity index (χ0v) is 25.4. The third-order valence-electron chi connectivity index (χ3n) is 6.57. The first kappa shape index (κ1) is 33.2. The lowest BCUT2D eigenvalue weighted by Gasteiger charge is -2.26. The summed E-state index contributed by atoms with van der Waals surface area (Å²) in [5, 5.41) is 19.0. The summed E-state index contributed by atoms with van der Waals surface area (Å²) >= 11 is 11.3. The summed E-state index contributed by atoms with van der Waals surface area (Å²) in [7, 11) is 0. The molecule has 3 N–H and O–H groups in total. The molecule has 4 unspecified atom stereocenters. The van der Waals surface area contributed by atoms with E-state index in [-0.39, 0.29) is 39.9 Å². The lowest BCUT2D eigenvalue weighted by Crippen LogP contribution is -2.31. The Labute approximate surface area is 255 Å². The lowest BCUT2D eigenvalue weighted by atomic mass is 9.79. The highest BCUT2D eigenvalue weighted by atomic mass is 35.5. The minimum atomic E-state index is -0.391. The van der Waals surface area contributed by atoms with Crippen LogP contribution in [0.4, 0.5) is 20.3 Å². The predicted octanol–water partition coefficient (Wildman–Crippen LogP) is 7.40. The van der Waals surface area contributed by atoms with E-state index in [2.05, 4.69) is 47.8 Å². The monoisotopic (exact) mass is 617 g/mol. The lowest BCUT2D eigenvalue weighted by molar-refractivity contribution is -0.105. The van der Waals surface area contributed by atoms with Crippen LogP contribution in [0.2, 0.25) is 10.0 Å². The SMILES string of the molecule is CC(C)(C)CC1NCC(c2cccc(Cl)c2F)C1C#N.CC1(Nc2ccc(NC=O)nc2)CO1.Fc1cccc(Cl)c1. The van der Waals surface area contributed by atoms with Gasteiger partial charge in [-0.2, -0.15) is 5.26 Å². The van der Waals surface area contributed by atoms with Gasteiger partial charge in [0.2, 0.25) is 6.41 Å². The first-order valence-electron chi connectivity index (χ1n) is 13.4. The average Bonchev–Trinajstić information content (AvgIpc) is 3.52. The molecular weight excluding hydrogens is 583 g/mol. The van der Waals surface area contributed by atoms with Crippen molar-refractivity contribution in [3.8, 4) is 6.07 Å². The summed E-state index contributed by atoms with van der Waals surface area (Å²) in [6, 6.07) is 16.9. The number of nitrogens with zero attached hydrogens (tertiary/aromatic N) is 2. The number of carbonyl (C=O) groups excluding carboxylic acids is 1. The topological polar surface area (TPSA) is 102 Å². The Morgan fingerprint density at radius 2 is 1.90 bits per heavy atom. The number of aromatic nitrogens is 1. The molecule has 11 heteroatoms. The minimum Gasteiger partial charge on any atom is -0.355 e. The van der Waals surface area contributed by atoms with Gasteiger partial charge in [-0.05, 0) is 60.7 Å². The van der Waals surface area contributed by atoms with Crippen LogP contribution in [0.15, 0.2) is 60.8 Å². The largest absolute Gasteiger partial charge is 0.355 e. The second kappa shape index (κ2) is 14.7.